The number of hydrogen-bond acceptors (Lipinski definition) is 5. The molecule has 0 aromatic heterocycles. The zero-order valence-corrected chi connectivity index (χ0v) is 16.4. The molecule has 4 nitrogen and oxygen atoms in total. The molecule has 0 aliphatic carbocycles. The Morgan fingerprint density at radius 2 is 2.00 bits per heavy atom. The van der Waals surface area contributed by atoms with Crippen molar-refractivity contribution in [2.45, 2.75) is 17.8 Å². The van der Waals surface area contributed by atoms with E-state index in [2.05, 4.69) is 4.99 Å². The van der Waals surface area contributed by atoms with E-state index >= 15 is 0 Å². The van der Waals surface area contributed by atoms with Gasteiger partial charge in [0.1, 0.15) is 11.6 Å². The van der Waals surface area contributed by atoms with Crippen molar-refractivity contribution >= 4 is 44.1 Å². The van der Waals surface area contributed by atoms with Gasteiger partial charge in [-0.1, -0.05) is 35.5 Å². The number of nitrogens with zero attached hydrogens (tertiary/aromatic N) is 2. The van der Waals surface area contributed by atoms with E-state index in [0.29, 0.717) is 15.9 Å². The number of anilines is 1. The Labute approximate surface area is 165 Å². The lowest BCUT2D eigenvalue weighted by molar-refractivity contribution is 0.577. The van der Waals surface area contributed by atoms with Gasteiger partial charge in [0, 0.05) is 16.8 Å². The Bertz CT molecular complexity index is 1030. The lowest BCUT2D eigenvalue weighted by Gasteiger charge is -2.26. The number of rotatable bonds is 3. The molecule has 0 N–H and O–H groups in total. The van der Waals surface area contributed by atoms with E-state index in [0.717, 1.165) is 17.7 Å². The van der Waals surface area contributed by atoms with Gasteiger partial charge in [0.05, 0.1) is 29.3 Å². The molecule has 2 aromatic carbocycles. The van der Waals surface area contributed by atoms with Crippen LogP contribution < -0.4 is 4.90 Å². The summed E-state index contributed by atoms with van der Waals surface area (Å²) in [5.74, 6) is -1.03. The number of aliphatic imine (C=N–C) groups is 1. The number of thioether (sulfide) groups is 1. The van der Waals surface area contributed by atoms with Crippen LogP contribution in [-0.2, 0) is 15.6 Å². The number of fused-ring (bicyclic) bond motifs is 1. The third-order valence-corrected chi connectivity index (χ3v) is 7.51. The molecule has 0 amide bonds. The molecule has 2 heterocycles. The highest BCUT2D eigenvalue weighted by molar-refractivity contribution is 8.13. The van der Waals surface area contributed by atoms with Crippen molar-refractivity contribution in [1.82, 2.24) is 0 Å². The van der Waals surface area contributed by atoms with Gasteiger partial charge in [-0.2, -0.15) is 0 Å². The van der Waals surface area contributed by atoms with Crippen molar-refractivity contribution in [3.05, 3.63) is 64.7 Å². The molecule has 0 spiro atoms. The minimum absolute atomic E-state index is 0.0573. The lowest BCUT2D eigenvalue weighted by Crippen LogP contribution is -2.39. The van der Waals surface area contributed by atoms with Crippen LogP contribution in [0.3, 0.4) is 0 Å². The molecular weight excluding hydrogens is 414 g/mol. The molecule has 0 unspecified atom stereocenters. The van der Waals surface area contributed by atoms with E-state index in [1.54, 1.807) is 11.0 Å². The summed E-state index contributed by atoms with van der Waals surface area (Å²) in [5.41, 5.74) is 1.11. The first kappa shape index (κ1) is 18.7. The van der Waals surface area contributed by atoms with Gasteiger partial charge in [0.15, 0.2) is 15.0 Å². The zero-order chi connectivity index (χ0) is 19.2. The van der Waals surface area contributed by atoms with Crippen LogP contribution in [0.15, 0.2) is 47.5 Å². The second kappa shape index (κ2) is 7.07. The molecule has 1 saturated heterocycles. The first-order valence-electron chi connectivity index (χ1n) is 8.22. The van der Waals surface area contributed by atoms with Crippen molar-refractivity contribution in [3.63, 3.8) is 0 Å². The van der Waals surface area contributed by atoms with Gasteiger partial charge in [-0.25, -0.2) is 17.2 Å². The van der Waals surface area contributed by atoms with Crippen molar-refractivity contribution in [2.24, 2.45) is 4.99 Å². The second-order valence-electron chi connectivity index (χ2n) is 6.51. The quantitative estimate of drug-likeness (QED) is 0.744. The standard InChI is InChI=1S/C18H15ClF2N2O2S2/c19-12-3-1-2-11(6-12)8-26-18-22-15-9-27(24,25)10-17(15)23(18)16-5-4-13(20)7-14(16)21/h1-7,15,17H,8-10H2/t15-,17+/m1/s1. The van der Waals surface area contributed by atoms with Gasteiger partial charge in [0.25, 0.3) is 0 Å². The second-order valence-corrected chi connectivity index (χ2v) is 10.0. The summed E-state index contributed by atoms with van der Waals surface area (Å²) in [5, 5.41) is 1.15. The van der Waals surface area contributed by atoms with Crippen LogP contribution in [0.1, 0.15) is 5.56 Å². The van der Waals surface area contributed by atoms with Crippen molar-refractivity contribution in [2.75, 3.05) is 16.4 Å². The minimum atomic E-state index is -3.24. The van der Waals surface area contributed by atoms with Crippen molar-refractivity contribution in [3.8, 4) is 0 Å². The number of amidine groups is 1. The zero-order valence-electron chi connectivity index (χ0n) is 14.0. The van der Waals surface area contributed by atoms with Crippen LogP contribution in [0.5, 0.6) is 0 Å². The Kier molecular flexibility index (Phi) is 4.90. The van der Waals surface area contributed by atoms with Gasteiger partial charge in [-0.15, -0.1) is 0 Å². The predicted molar refractivity (Wildman–Crippen MR) is 105 cm³/mol. The van der Waals surface area contributed by atoms with Crippen LogP contribution >= 0.6 is 23.4 Å². The molecule has 0 saturated carbocycles. The molecule has 0 bridgehead atoms. The first-order chi connectivity index (χ1) is 12.8. The molecule has 2 atom stereocenters. The molecule has 27 heavy (non-hydrogen) atoms. The van der Waals surface area contributed by atoms with Crippen LogP contribution in [0.25, 0.3) is 0 Å². The Balaban J connectivity index is 1.65. The number of benzene rings is 2. The largest absolute Gasteiger partial charge is 0.312 e. The fraction of sp³-hybridized carbons (Fsp3) is 0.278. The summed E-state index contributed by atoms with van der Waals surface area (Å²) in [7, 11) is -3.24. The predicted octanol–water partition coefficient (Wildman–Crippen LogP) is 3.89. The topological polar surface area (TPSA) is 49.7 Å². The van der Waals surface area contributed by atoms with Crippen LogP contribution in [0.2, 0.25) is 5.02 Å². The number of halogens is 3. The Hall–Kier alpha value is -1.64. The smallest absolute Gasteiger partial charge is 0.164 e. The van der Waals surface area contributed by atoms with Gasteiger partial charge in [-0.05, 0) is 29.8 Å². The van der Waals surface area contributed by atoms with Gasteiger partial charge in [-0.3, -0.25) is 4.99 Å². The first-order valence-corrected chi connectivity index (χ1v) is 11.4. The van der Waals surface area contributed by atoms with E-state index in [4.69, 9.17) is 11.6 Å². The van der Waals surface area contributed by atoms with E-state index in [9.17, 15) is 17.2 Å². The SMILES string of the molecule is O=S1(=O)C[C@H]2N=C(SCc3cccc(Cl)c3)N(c3ccc(F)cc3F)[C@H]2C1. The van der Waals surface area contributed by atoms with Crippen LogP contribution in [-0.4, -0.2) is 37.2 Å². The summed E-state index contributed by atoms with van der Waals surface area (Å²) in [6.45, 7) is 0. The molecule has 2 aromatic rings. The van der Waals surface area contributed by atoms with E-state index in [1.807, 2.05) is 18.2 Å². The van der Waals surface area contributed by atoms with Gasteiger partial charge < -0.3 is 4.90 Å². The molecular formula is C18H15ClF2N2O2S2. The number of sulfone groups is 1. The molecule has 4 rings (SSSR count). The summed E-state index contributed by atoms with van der Waals surface area (Å²) in [4.78, 5) is 6.13. The summed E-state index contributed by atoms with van der Waals surface area (Å²) >= 11 is 7.39. The van der Waals surface area contributed by atoms with Crippen LogP contribution in [0, 0.1) is 11.6 Å². The third kappa shape index (κ3) is 3.83. The van der Waals surface area contributed by atoms with Crippen LogP contribution in [0.4, 0.5) is 14.5 Å². The fourth-order valence-electron chi connectivity index (χ4n) is 3.37. The average molecular weight is 429 g/mol. The highest BCUT2D eigenvalue weighted by Gasteiger charge is 2.47. The maximum Gasteiger partial charge on any atom is 0.164 e. The highest BCUT2D eigenvalue weighted by atomic mass is 35.5. The fourth-order valence-corrected chi connectivity index (χ4v) is 6.48. The van der Waals surface area contributed by atoms with Gasteiger partial charge in [0.2, 0.25) is 0 Å². The molecule has 2 aliphatic rings. The van der Waals surface area contributed by atoms with E-state index in [1.165, 1.54) is 17.8 Å². The lowest BCUT2D eigenvalue weighted by atomic mass is 10.1. The molecule has 2 aliphatic heterocycles. The minimum Gasteiger partial charge on any atom is -0.312 e. The summed E-state index contributed by atoms with van der Waals surface area (Å²) < 4.78 is 51.8. The summed E-state index contributed by atoms with van der Waals surface area (Å²) in [6, 6.07) is 9.73. The molecule has 9 heteroatoms. The summed E-state index contributed by atoms with van der Waals surface area (Å²) in [6.07, 6.45) is 0. The number of hydrogen-bond donors (Lipinski definition) is 0. The maximum atomic E-state index is 14.4. The van der Waals surface area contributed by atoms with Crippen molar-refractivity contribution < 1.29 is 17.2 Å². The third-order valence-electron chi connectivity index (χ3n) is 4.53. The van der Waals surface area contributed by atoms with Crippen molar-refractivity contribution in [1.29, 1.82) is 0 Å². The molecule has 1 fully saturated rings. The van der Waals surface area contributed by atoms with E-state index in [-0.39, 0.29) is 17.2 Å². The Morgan fingerprint density at radius 3 is 2.74 bits per heavy atom. The average Bonchev–Trinajstić information content (AvgIpc) is 3.05. The Morgan fingerprint density at radius 1 is 1.19 bits per heavy atom. The monoisotopic (exact) mass is 428 g/mol. The molecule has 142 valence electrons. The molecule has 0 radical (unpaired) electrons. The highest BCUT2D eigenvalue weighted by Crippen LogP contribution is 2.37. The maximum absolute atomic E-state index is 14.4. The normalized spacial score (nSPS) is 23.4. The van der Waals surface area contributed by atoms with Gasteiger partial charge >= 0.3 is 0 Å². The van der Waals surface area contributed by atoms with E-state index < -0.39 is 33.6 Å².